The van der Waals surface area contributed by atoms with Crippen LogP contribution in [0.5, 0.6) is 5.75 Å². The van der Waals surface area contributed by atoms with E-state index in [1.807, 2.05) is 19.1 Å². The van der Waals surface area contributed by atoms with Gasteiger partial charge in [0.1, 0.15) is 23.5 Å². The molecule has 1 N–H and O–H groups in total. The number of aryl methyl sites for hydroxylation is 1. The predicted octanol–water partition coefficient (Wildman–Crippen LogP) is 4.09. The topological polar surface area (TPSA) is 48.8 Å². The summed E-state index contributed by atoms with van der Waals surface area (Å²) in [6, 6.07) is 8.78. The number of aliphatic hydroxyl groups excluding tert-OH is 1. The number of aromatic nitrogens is 1. The van der Waals surface area contributed by atoms with Crippen molar-refractivity contribution in [3.8, 4) is 5.75 Å². The molecule has 1 aromatic heterocycles. The monoisotopic (exact) mass is 417 g/mol. The predicted molar refractivity (Wildman–Crippen MR) is 119 cm³/mol. The van der Waals surface area contributed by atoms with Gasteiger partial charge in [0.15, 0.2) is 0 Å². The fraction of sp³-hybridized carbons (Fsp3) is 0.609. The zero-order valence-corrected chi connectivity index (χ0v) is 18.8. The fourth-order valence-electron chi connectivity index (χ4n) is 4.06. The summed E-state index contributed by atoms with van der Waals surface area (Å²) in [6.45, 7) is 4.70. The van der Waals surface area contributed by atoms with Crippen molar-refractivity contribution in [2.45, 2.75) is 64.3 Å². The highest BCUT2D eigenvalue weighted by Crippen LogP contribution is 2.22. The van der Waals surface area contributed by atoms with E-state index < -0.39 is 6.10 Å². The van der Waals surface area contributed by atoms with Crippen molar-refractivity contribution >= 4 is 11.3 Å². The molecule has 5 nitrogen and oxygen atoms in total. The number of aliphatic hydroxyl groups is 1. The number of hydrogen-bond acceptors (Lipinski definition) is 6. The van der Waals surface area contributed by atoms with Crippen LogP contribution in [0, 0.1) is 6.92 Å². The number of likely N-dealkylation sites (N-methyl/N-ethyl adjacent to an activating group) is 1. The van der Waals surface area contributed by atoms with E-state index >= 15 is 0 Å². The van der Waals surface area contributed by atoms with Crippen molar-refractivity contribution in [2.75, 3.05) is 27.2 Å². The van der Waals surface area contributed by atoms with E-state index in [2.05, 4.69) is 46.4 Å². The number of benzene rings is 1. The van der Waals surface area contributed by atoms with Crippen LogP contribution < -0.4 is 4.74 Å². The molecule has 0 bridgehead atoms. The quantitative estimate of drug-likeness (QED) is 0.631. The molecule has 1 atom stereocenters. The Morgan fingerprint density at radius 2 is 2.00 bits per heavy atom. The highest BCUT2D eigenvalue weighted by molar-refractivity contribution is 7.09. The minimum Gasteiger partial charge on any atom is -0.491 e. The van der Waals surface area contributed by atoms with Gasteiger partial charge in [0.25, 0.3) is 0 Å². The first-order valence-corrected chi connectivity index (χ1v) is 11.6. The van der Waals surface area contributed by atoms with Crippen LogP contribution in [0.2, 0.25) is 0 Å². The molecule has 1 aliphatic rings. The molecule has 0 unspecified atom stereocenters. The summed E-state index contributed by atoms with van der Waals surface area (Å²) >= 11 is 1.71. The van der Waals surface area contributed by atoms with Crippen LogP contribution in [0.3, 0.4) is 0 Å². The summed E-state index contributed by atoms with van der Waals surface area (Å²) in [7, 11) is 4.23. The second kappa shape index (κ2) is 11.1. The van der Waals surface area contributed by atoms with Gasteiger partial charge in [0, 0.05) is 30.2 Å². The van der Waals surface area contributed by atoms with Crippen molar-refractivity contribution in [1.29, 1.82) is 0 Å². The Hall–Kier alpha value is -1.47. The number of rotatable bonds is 10. The van der Waals surface area contributed by atoms with Crippen molar-refractivity contribution in [2.24, 2.45) is 0 Å². The van der Waals surface area contributed by atoms with Crippen LogP contribution in [0.1, 0.15) is 48.4 Å². The lowest BCUT2D eigenvalue weighted by molar-refractivity contribution is 0.0561. The second-order valence-electron chi connectivity index (χ2n) is 8.40. The van der Waals surface area contributed by atoms with Gasteiger partial charge in [0.05, 0.1) is 6.54 Å². The molecule has 29 heavy (non-hydrogen) atoms. The maximum absolute atomic E-state index is 10.4. The molecule has 0 radical (unpaired) electrons. The summed E-state index contributed by atoms with van der Waals surface area (Å²) in [5, 5.41) is 13.6. The lowest BCUT2D eigenvalue weighted by Gasteiger charge is -2.32. The molecule has 1 aliphatic carbocycles. The summed E-state index contributed by atoms with van der Waals surface area (Å²) in [5.41, 5.74) is 2.29. The SMILES string of the molecule is Cc1csc(CN(C)Cc2cccc(OC[C@H](O)CN(C)C3CCCCC3)c2)n1. The summed E-state index contributed by atoms with van der Waals surface area (Å²) in [4.78, 5) is 9.10. The van der Waals surface area contributed by atoms with Crippen molar-refractivity contribution < 1.29 is 9.84 Å². The lowest BCUT2D eigenvalue weighted by atomic mass is 9.94. The molecule has 1 fully saturated rings. The van der Waals surface area contributed by atoms with Gasteiger partial charge in [0.2, 0.25) is 0 Å². The number of nitrogens with zero attached hydrogens (tertiary/aromatic N) is 3. The largest absolute Gasteiger partial charge is 0.491 e. The highest BCUT2D eigenvalue weighted by Gasteiger charge is 2.20. The molecule has 1 aromatic carbocycles. The van der Waals surface area contributed by atoms with Gasteiger partial charge in [-0.15, -0.1) is 11.3 Å². The fourth-order valence-corrected chi connectivity index (χ4v) is 4.91. The normalized spacial score (nSPS) is 16.5. The van der Waals surface area contributed by atoms with E-state index in [1.54, 1.807) is 11.3 Å². The van der Waals surface area contributed by atoms with E-state index in [1.165, 1.54) is 37.7 Å². The molecule has 0 amide bonds. The van der Waals surface area contributed by atoms with Crippen LogP contribution >= 0.6 is 11.3 Å². The molecular formula is C23H35N3O2S. The van der Waals surface area contributed by atoms with Crippen LogP contribution in [0.25, 0.3) is 0 Å². The van der Waals surface area contributed by atoms with Gasteiger partial charge in [-0.05, 0) is 51.6 Å². The summed E-state index contributed by atoms with van der Waals surface area (Å²) < 4.78 is 5.89. The second-order valence-corrected chi connectivity index (χ2v) is 9.34. The molecule has 6 heteroatoms. The Morgan fingerprint density at radius 3 is 2.72 bits per heavy atom. The van der Waals surface area contributed by atoms with Crippen molar-refractivity contribution in [3.63, 3.8) is 0 Å². The smallest absolute Gasteiger partial charge is 0.119 e. The number of thiazole rings is 1. The lowest BCUT2D eigenvalue weighted by Crippen LogP contribution is -2.40. The maximum atomic E-state index is 10.4. The number of ether oxygens (including phenoxy) is 1. The van der Waals surface area contributed by atoms with E-state index in [4.69, 9.17) is 4.74 Å². The summed E-state index contributed by atoms with van der Waals surface area (Å²) in [6.07, 6.45) is 6.00. The zero-order valence-electron chi connectivity index (χ0n) is 18.0. The van der Waals surface area contributed by atoms with E-state index in [0.29, 0.717) is 19.2 Å². The third-order valence-corrected chi connectivity index (χ3v) is 6.51. The molecule has 3 rings (SSSR count). The van der Waals surface area contributed by atoms with Gasteiger partial charge in [-0.3, -0.25) is 4.90 Å². The van der Waals surface area contributed by atoms with Gasteiger partial charge in [-0.1, -0.05) is 31.4 Å². The average Bonchev–Trinajstić information content (AvgIpc) is 3.11. The highest BCUT2D eigenvalue weighted by atomic mass is 32.1. The van der Waals surface area contributed by atoms with Gasteiger partial charge in [-0.2, -0.15) is 0 Å². The van der Waals surface area contributed by atoms with Crippen molar-refractivity contribution in [1.82, 2.24) is 14.8 Å². The third kappa shape index (κ3) is 7.37. The first-order valence-electron chi connectivity index (χ1n) is 10.7. The van der Waals surface area contributed by atoms with Gasteiger partial charge >= 0.3 is 0 Å². The van der Waals surface area contributed by atoms with E-state index in [-0.39, 0.29) is 0 Å². The van der Waals surface area contributed by atoms with Crippen LogP contribution in [-0.2, 0) is 13.1 Å². The average molecular weight is 418 g/mol. The Balaban J connectivity index is 1.43. The van der Waals surface area contributed by atoms with Crippen LogP contribution in [0.15, 0.2) is 29.6 Å². The molecule has 0 saturated heterocycles. The Labute approximate surface area is 179 Å². The summed E-state index contributed by atoms with van der Waals surface area (Å²) in [5.74, 6) is 0.820. The molecule has 1 saturated carbocycles. The molecule has 2 aromatic rings. The van der Waals surface area contributed by atoms with E-state index in [0.717, 1.165) is 29.5 Å². The minimum atomic E-state index is -0.471. The first kappa shape index (κ1) is 22.2. The molecule has 0 aliphatic heterocycles. The molecule has 1 heterocycles. The molecule has 160 valence electrons. The van der Waals surface area contributed by atoms with Crippen LogP contribution in [0.4, 0.5) is 0 Å². The van der Waals surface area contributed by atoms with E-state index in [9.17, 15) is 5.11 Å². The van der Waals surface area contributed by atoms with Crippen LogP contribution in [-0.4, -0.2) is 59.3 Å². The third-order valence-electron chi connectivity index (χ3n) is 5.56. The van der Waals surface area contributed by atoms with Gasteiger partial charge < -0.3 is 14.7 Å². The Kier molecular flexibility index (Phi) is 8.48. The minimum absolute atomic E-state index is 0.328. The first-order chi connectivity index (χ1) is 14.0. The molecular weight excluding hydrogens is 382 g/mol. The Bertz CT molecular complexity index is 745. The maximum Gasteiger partial charge on any atom is 0.119 e. The van der Waals surface area contributed by atoms with Crippen molar-refractivity contribution in [3.05, 3.63) is 45.9 Å². The number of hydrogen-bond donors (Lipinski definition) is 1. The zero-order chi connectivity index (χ0) is 20.6. The molecule has 0 spiro atoms. The van der Waals surface area contributed by atoms with Gasteiger partial charge in [-0.25, -0.2) is 4.98 Å². The standard InChI is InChI=1S/C23H35N3O2S/c1-18-17-29-23(24-18)15-25(2)13-19-8-7-11-22(12-19)28-16-21(27)14-26(3)20-9-5-4-6-10-20/h7-8,11-12,17,20-21,27H,4-6,9-10,13-16H2,1-3H3/t21-/m1/s1. The Morgan fingerprint density at radius 1 is 1.21 bits per heavy atom.